The Hall–Kier alpha value is -2.91. The van der Waals surface area contributed by atoms with E-state index in [9.17, 15) is 22.4 Å². The summed E-state index contributed by atoms with van der Waals surface area (Å²) in [6, 6.07) is 0. The van der Waals surface area contributed by atoms with Crippen molar-refractivity contribution in [3.63, 3.8) is 0 Å². The highest BCUT2D eigenvalue weighted by Gasteiger charge is 2.63. The summed E-state index contributed by atoms with van der Waals surface area (Å²) in [6.45, 7) is 30.3. The minimum absolute atomic E-state index is 0.0903. The first kappa shape index (κ1) is 62.1. The molecular formula is C38H75F4N5O4S2. The second-order valence-corrected chi connectivity index (χ2v) is 9.85. The maximum absolute atomic E-state index is 11.8. The zero-order valence-corrected chi connectivity index (χ0v) is 36.3. The van der Waals surface area contributed by atoms with E-state index in [4.69, 9.17) is 4.74 Å². The molecule has 5 N–H and O–H groups in total. The second kappa shape index (κ2) is 55.8. The van der Waals surface area contributed by atoms with Crippen molar-refractivity contribution in [2.45, 2.75) is 115 Å². The summed E-state index contributed by atoms with van der Waals surface area (Å²) in [5.41, 5.74) is 0. The molecule has 1 amide bonds. The molecule has 0 aromatic heterocycles. The normalized spacial score (nSPS) is 17.3. The number of hydrogen-bond acceptors (Lipinski definition) is 10. The van der Waals surface area contributed by atoms with Gasteiger partial charge < -0.3 is 40.8 Å². The van der Waals surface area contributed by atoms with Crippen LogP contribution in [-0.4, -0.2) is 69.0 Å². The van der Waals surface area contributed by atoms with Crippen LogP contribution in [0.1, 0.15) is 102 Å². The standard InChI is InChI=1S/2C5H9N.C4H2F4O2.C4H5NOS.C4H7NO.C4H7NS.6C2H6/c2*1-2-4-6-5-3-1;5-3(6)4(7,8)10-2-1-9-3;6-4-3-7-2-1-5-4;2*1-3-6-4-2-5-1;6*1-2/h2,4,6H,1,3,5H2;1-2,6H,3-5H2;1-2H;1-2H,3H2,(H,5,6);2*1,3,5H,2,4H2;6*1-2H3. The van der Waals surface area contributed by atoms with E-state index in [1.165, 1.54) is 36.8 Å². The topological polar surface area (TPSA) is 105 Å². The molecule has 0 atom stereocenters. The lowest BCUT2D eigenvalue weighted by Gasteiger charge is -2.26. The summed E-state index contributed by atoms with van der Waals surface area (Å²) in [6.07, 6.45) is 11.0. The molecule has 316 valence electrons. The largest absolute Gasteiger partial charge is 0.507 e. The summed E-state index contributed by atoms with van der Waals surface area (Å²) in [5, 5.41) is 18.8. The highest BCUT2D eigenvalue weighted by atomic mass is 32.2. The van der Waals surface area contributed by atoms with Crippen molar-refractivity contribution in [3.05, 3.63) is 72.6 Å². The van der Waals surface area contributed by atoms with Gasteiger partial charge in [0.25, 0.3) is 0 Å². The van der Waals surface area contributed by atoms with Gasteiger partial charge in [-0.15, -0.1) is 23.5 Å². The number of alkyl halides is 4. The van der Waals surface area contributed by atoms with Crippen molar-refractivity contribution >= 4 is 29.4 Å². The van der Waals surface area contributed by atoms with Gasteiger partial charge in [-0.3, -0.25) is 4.79 Å². The number of thioether (sulfide) groups is 2. The number of hydrogen-bond donors (Lipinski definition) is 5. The van der Waals surface area contributed by atoms with Gasteiger partial charge in [0.1, 0.15) is 19.1 Å². The van der Waals surface area contributed by atoms with Gasteiger partial charge in [-0.25, -0.2) is 0 Å². The zero-order chi connectivity index (χ0) is 41.9. The molecule has 0 spiro atoms. The molecule has 0 saturated heterocycles. The van der Waals surface area contributed by atoms with Crippen LogP contribution in [0.25, 0.3) is 0 Å². The highest BCUT2D eigenvalue weighted by Crippen LogP contribution is 2.38. The van der Waals surface area contributed by atoms with Crippen molar-refractivity contribution in [1.29, 1.82) is 0 Å². The molecule has 9 nitrogen and oxygen atoms in total. The van der Waals surface area contributed by atoms with Crippen LogP contribution in [0.5, 0.6) is 0 Å². The number of nitrogens with one attached hydrogen (secondary N) is 5. The SMILES string of the molecule is C1=CCNCC1.C1=CNCCC1.C1=COCCN1.C1=CSCCN1.CC.CC.CC.CC.CC.CC.FC1(F)OC=COC1(F)F.O=C1CSC=CN1. The lowest BCUT2D eigenvalue weighted by molar-refractivity contribution is -0.417. The lowest BCUT2D eigenvalue weighted by Crippen LogP contribution is -2.44. The van der Waals surface area contributed by atoms with E-state index in [-0.39, 0.29) is 5.91 Å². The number of rotatable bonds is 0. The quantitative estimate of drug-likeness (QED) is 0.120. The third-order valence-corrected chi connectivity index (χ3v) is 6.11. The maximum Gasteiger partial charge on any atom is 0.507 e. The second-order valence-electron chi connectivity index (χ2n) is 7.94. The molecule has 0 aromatic rings. The first-order valence-electron chi connectivity index (χ1n) is 18.9. The van der Waals surface area contributed by atoms with Crippen LogP contribution < -0.4 is 26.6 Å². The highest BCUT2D eigenvalue weighted by molar-refractivity contribution is 8.02. The molecule has 0 fully saturated rings. The Morgan fingerprint density at radius 1 is 0.604 bits per heavy atom. The number of ether oxygens (including phenoxy) is 3. The number of carbonyl (C=O) groups is 1. The van der Waals surface area contributed by atoms with Crippen molar-refractivity contribution in [2.75, 3.05) is 50.8 Å². The molecule has 6 aliphatic rings. The summed E-state index contributed by atoms with van der Waals surface area (Å²) in [4.78, 5) is 10.3. The minimum Gasteiger partial charge on any atom is -0.498 e. The Morgan fingerprint density at radius 2 is 1.17 bits per heavy atom. The van der Waals surface area contributed by atoms with Crippen LogP contribution in [-0.2, 0) is 19.0 Å². The van der Waals surface area contributed by atoms with Crippen LogP contribution in [0.2, 0.25) is 0 Å². The van der Waals surface area contributed by atoms with Crippen LogP contribution in [0.3, 0.4) is 0 Å². The molecular weight excluding hydrogens is 731 g/mol. The van der Waals surface area contributed by atoms with E-state index < -0.39 is 12.2 Å². The van der Waals surface area contributed by atoms with E-state index in [0.29, 0.717) is 18.3 Å². The molecule has 53 heavy (non-hydrogen) atoms. The zero-order valence-electron chi connectivity index (χ0n) is 34.7. The van der Waals surface area contributed by atoms with Crippen molar-refractivity contribution < 1.29 is 36.6 Å². The van der Waals surface area contributed by atoms with E-state index in [1.807, 2.05) is 113 Å². The van der Waals surface area contributed by atoms with Gasteiger partial charge in [-0.05, 0) is 42.8 Å². The lowest BCUT2D eigenvalue weighted by atomic mass is 10.2. The number of allylic oxidation sites excluding steroid dienone is 1. The predicted octanol–water partition coefficient (Wildman–Crippen LogP) is 10.5. The van der Waals surface area contributed by atoms with Crippen molar-refractivity contribution in [2.24, 2.45) is 0 Å². The van der Waals surface area contributed by atoms with Gasteiger partial charge in [-0.2, -0.15) is 17.6 Å². The smallest absolute Gasteiger partial charge is 0.498 e. The average molecular weight is 806 g/mol. The third-order valence-electron chi connectivity index (χ3n) is 4.59. The Labute approximate surface area is 329 Å². The number of carbonyl (C=O) groups excluding carboxylic acids is 1. The predicted molar refractivity (Wildman–Crippen MR) is 225 cm³/mol. The fraction of sp³-hybridized carbons (Fsp3) is 0.658. The van der Waals surface area contributed by atoms with E-state index in [1.54, 1.807) is 18.7 Å². The van der Waals surface area contributed by atoms with E-state index in [0.717, 1.165) is 39.3 Å². The Balaban J connectivity index is -0.000000119. The number of halogens is 4. The molecule has 6 aliphatic heterocycles. The monoisotopic (exact) mass is 806 g/mol. The minimum atomic E-state index is -4.57. The molecule has 0 radical (unpaired) electrons. The van der Waals surface area contributed by atoms with Crippen LogP contribution in [0.4, 0.5) is 17.6 Å². The molecule has 6 heterocycles. The molecule has 0 unspecified atom stereocenters. The molecule has 0 bridgehead atoms. The Kier molecular flexibility index (Phi) is 65.4. The first-order valence-corrected chi connectivity index (χ1v) is 21.0. The maximum atomic E-state index is 11.8. The van der Waals surface area contributed by atoms with Gasteiger partial charge in [0.05, 0.1) is 12.0 Å². The summed E-state index contributed by atoms with van der Waals surface area (Å²) < 4.78 is 58.7. The van der Waals surface area contributed by atoms with Crippen molar-refractivity contribution in [1.82, 2.24) is 26.6 Å². The fourth-order valence-electron chi connectivity index (χ4n) is 2.58. The molecule has 0 saturated carbocycles. The van der Waals surface area contributed by atoms with Gasteiger partial charge in [0.2, 0.25) is 5.91 Å². The van der Waals surface area contributed by atoms with Gasteiger partial charge in [0.15, 0.2) is 0 Å². The van der Waals surface area contributed by atoms with Crippen LogP contribution in [0.15, 0.2) is 72.6 Å². The Morgan fingerprint density at radius 3 is 1.32 bits per heavy atom. The molecule has 6 rings (SSSR count). The summed E-state index contributed by atoms with van der Waals surface area (Å²) in [7, 11) is 0. The fourth-order valence-corrected chi connectivity index (χ4v) is 3.64. The van der Waals surface area contributed by atoms with Gasteiger partial charge in [-0.1, -0.05) is 101 Å². The summed E-state index contributed by atoms with van der Waals surface area (Å²) >= 11 is 3.36. The van der Waals surface area contributed by atoms with Gasteiger partial charge in [0, 0.05) is 50.5 Å². The van der Waals surface area contributed by atoms with Crippen LogP contribution >= 0.6 is 23.5 Å². The molecule has 0 aromatic carbocycles. The average Bonchev–Trinajstić information content (AvgIpc) is 3.27. The molecule has 0 aliphatic carbocycles. The van der Waals surface area contributed by atoms with Gasteiger partial charge >= 0.3 is 12.2 Å². The van der Waals surface area contributed by atoms with Crippen LogP contribution in [0, 0.1) is 0 Å². The van der Waals surface area contributed by atoms with E-state index in [2.05, 4.69) is 59.7 Å². The summed E-state index contributed by atoms with van der Waals surface area (Å²) in [5.74, 6) is 1.88. The van der Waals surface area contributed by atoms with E-state index >= 15 is 0 Å². The van der Waals surface area contributed by atoms with Crippen molar-refractivity contribution in [3.8, 4) is 0 Å². The third kappa shape index (κ3) is 49.1. The molecule has 15 heteroatoms. The first-order chi connectivity index (χ1) is 25.9. The Bertz CT molecular complexity index is 760. The number of amides is 1.